The van der Waals surface area contributed by atoms with E-state index in [1.807, 2.05) is 18.2 Å². The Labute approximate surface area is 161 Å². The molecule has 1 saturated carbocycles. The minimum absolute atomic E-state index is 0.281. The summed E-state index contributed by atoms with van der Waals surface area (Å²) in [6.07, 6.45) is 11.2. The highest BCUT2D eigenvalue weighted by molar-refractivity contribution is 7.91. The lowest BCUT2D eigenvalue weighted by molar-refractivity contribution is 0.587. The number of nitrogens with one attached hydrogen (secondary N) is 1. The van der Waals surface area contributed by atoms with Gasteiger partial charge in [0, 0.05) is 35.7 Å². The van der Waals surface area contributed by atoms with Gasteiger partial charge in [0.2, 0.25) is 10.0 Å². The number of hydrogen-bond acceptors (Lipinski definition) is 7. The Kier molecular flexibility index (Phi) is 3.83. The van der Waals surface area contributed by atoms with Gasteiger partial charge >= 0.3 is 0 Å². The Morgan fingerprint density at radius 3 is 2.68 bits per heavy atom. The summed E-state index contributed by atoms with van der Waals surface area (Å²) in [7, 11) is -3.36. The molecule has 1 aliphatic rings. The second-order valence-electron chi connectivity index (χ2n) is 6.63. The molecular weight excluding hydrogens is 376 g/mol. The highest BCUT2D eigenvalue weighted by Crippen LogP contribution is 2.35. The Morgan fingerprint density at radius 2 is 1.89 bits per heavy atom. The molecule has 8 nitrogen and oxygen atoms in total. The molecule has 4 heterocycles. The predicted molar refractivity (Wildman–Crippen MR) is 106 cm³/mol. The van der Waals surface area contributed by atoms with Crippen LogP contribution in [0.1, 0.15) is 12.8 Å². The van der Waals surface area contributed by atoms with E-state index in [0.29, 0.717) is 17.2 Å². The van der Waals surface area contributed by atoms with Gasteiger partial charge in [0.15, 0.2) is 0 Å². The number of fused-ring (bicyclic) bond motifs is 1. The van der Waals surface area contributed by atoms with E-state index in [4.69, 9.17) is 0 Å². The minimum Gasteiger partial charge on any atom is -0.325 e. The van der Waals surface area contributed by atoms with Gasteiger partial charge in [-0.25, -0.2) is 27.3 Å². The number of hydrogen-bond donors (Lipinski definition) is 1. The molecule has 140 valence electrons. The van der Waals surface area contributed by atoms with Crippen molar-refractivity contribution in [3.8, 4) is 11.1 Å². The zero-order chi connectivity index (χ0) is 19.1. The van der Waals surface area contributed by atoms with E-state index in [2.05, 4.69) is 25.3 Å². The van der Waals surface area contributed by atoms with Crippen LogP contribution in [-0.4, -0.2) is 37.6 Å². The number of nitrogens with zero attached hydrogens (tertiary/aromatic N) is 5. The van der Waals surface area contributed by atoms with Crippen LogP contribution in [0.15, 0.2) is 61.6 Å². The molecule has 0 aliphatic heterocycles. The summed E-state index contributed by atoms with van der Waals surface area (Å²) in [4.78, 5) is 16.6. The lowest BCUT2D eigenvalue weighted by Crippen LogP contribution is -2.16. The molecule has 0 saturated heterocycles. The summed E-state index contributed by atoms with van der Waals surface area (Å²) in [5.74, 6) is 1.26. The van der Waals surface area contributed by atoms with Crippen LogP contribution in [0.3, 0.4) is 0 Å². The molecule has 9 heteroatoms. The third kappa shape index (κ3) is 2.89. The molecule has 0 amide bonds. The Bertz CT molecular complexity index is 1270. The summed E-state index contributed by atoms with van der Waals surface area (Å²) in [6.45, 7) is 0. The van der Waals surface area contributed by atoms with Crippen molar-refractivity contribution in [1.82, 2.24) is 23.9 Å². The van der Waals surface area contributed by atoms with E-state index in [1.165, 1.54) is 10.3 Å². The summed E-state index contributed by atoms with van der Waals surface area (Å²) < 4.78 is 26.7. The van der Waals surface area contributed by atoms with E-state index < -0.39 is 10.0 Å². The number of pyridine rings is 2. The summed E-state index contributed by atoms with van der Waals surface area (Å²) in [5.41, 5.74) is 2.31. The largest absolute Gasteiger partial charge is 0.325 e. The van der Waals surface area contributed by atoms with Gasteiger partial charge in [0.05, 0.1) is 17.0 Å². The van der Waals surface area contributed by atoms with Crippen LogP contribution in [0.5, 0.6) is 0 Å². The molecule has 0 radical (unpaired) electrons. The fraction of sp³-hybridized carbons (Fsp3) is 0.158. The highest BCUT2D eigenvalue weighted by Gasteiger charge is 2.37. The zero-order valence-electron chi connectivity index (χ0n) is 14.7. The topological polar surface area (TPSA) is 103 Å². The molecule has 0 unspecified atom stereocenters. The maximum Gasteiger partial charge on any atom is 0.241 e. The maximum absolute atomic E-state index is 12.7. The molecule has 0 aromatic carbocycles. The SMILES string of the molecule is O=S(=O)(C1CC1)n1ccc2c(-c3ccnc(Nc4ccncn4)c3)cncc21. The lowest BCUT2D eigenvalue weighted by atomic mass is 10.1. The third-order valence-electron chi connectivity index (χ3n) is 4.71. The first-order valence-corrected chi connectivity index (χ1v) is 10.3. The Hall–Kier alpha value is -3.33. The van der Waals surface area contributed by atoms with Crippen molar-refractivity contribution in [2.24, 2.45) is 0 Å². The van der Waals surface area contributed by atoms with Gasteiger partial charge in [-0.15, -0.1) is 0 Å². The van der Waals surface area contributed by atoms with Gasteiger partial charge in [-0.1, -0.05) is 0 Å². The first kappa shape index (κ1) is 16.8. The average molecular weight is 392 g/mol. The van der Waals surface area contributed by atoms with Crippen LogP contribution in [0.4, 0.5) is 11.6 Å². The zero-order valence-corrected chi connectivity index (χ0v) is 15.5. The van der Waals surface area contributed by atoms with Crippen molar-refractivity contribution in [3.63, 3.8) is 0 Å². The van der Waals surface area contributed by atoms with E-state index in [1.54, 1.807) is 37.1 Å². The van der Waals surface area contributed by atoms with Gasteiger partial charge in [0.25, 0.3) is 0 Å². The van der Waals surface area contributed by atoms with E-state index in [9.17, 15) is 8.42 Å². The van der Waals surface area contributed by atoms with Gasteiger partial charge < -0.3 is 5.32 Å². The van der Waals surface area contributed by atoms with E-state index in [0.717, 1.165) is 29.4 Å². The molecular formula is C19H16N6O2S. The summed E-state index contributed by atoms with van der Waals surface area (Å²) in [5, 5.41) is 3.68. The second-order valence-corrected chi connectivity index (χ2v) is 8.72. The Balaban J connectivity index is 1.57. The molecule has 1 aliphatic carbocycles. The van der Waals surface area contributed by atoms with Gasteiger partial charge in [-0.2, -0.15) is 0 Å². The highest BCUT2D eigenvalue weighted by atomic mass is 32.2. The van der Waals surface area contributed by atoms with Crippen LogP contribution in [0, 0.1) is 0 Å². The molecule has 4 aromatic rings. The summed E-state index contributed by atoms with van der Waals surface area (Å²) >= 11 is 0. The molecule has 0 bridgehead atoms. The van der Waals surface area contributed by atoms with Crippen molar-refractivity contribution < 1.29 is 8.42 Å². The number of rotatable bonds is 5. The predicted octanol–water partition coefficient (Wildman–Crippen LogP) is 2.97. The Morgan fingerprint density at radius 1 is 1.00 bits per heavy atom. The van der Waals surface area contributed by atoms with Crippen LogP contribution in [0.2, 0.25) is 0 Å². The van der Waals surface area contributed by atoms with Crippen molar-refractivity contribution in [2.75, 3.05) is 5.32 Å². The van der Waals surface area contributed by atoms with E-state index >= 15 is 0 Å². The van der Waals surface area contributed by atoms with E-state index in [-0.39, 0.29) is 5.25 Å². The second kappa shape index (κ2) is 6.38. The normalized spacial score (nSPS) is 14.3. The average Bonchev–Trinajstić information content (AvgIpc) is 3.48. The lowest BCUT2D eigenvalue weighted by Gasteiger charge is -2.09. The van der Waals surface area contributed by atoms with Crippen LogP contribution >= 0.6 is 0 Å². The van der Waals surface area contributed by atoms with Crippen LogP contribution in [-0.2, 0) is 10.0 Å². The van der Waals surface area contributed by atoms with Gasteiger partial charge in [0.1, 0.15) is 18.0 Å². The van der Waals surface area contributed by atoms with Gasteiger partial charge in [-0.3, -0.25) is 4.98 Å². The first-order chi connectivity index (χ1) is 13.6. The van der Waals surface area contributed by atoms with Gasteiger partial charge in [-0.05, 0) is 42.7 Å². The first-order valence-electron chi connectivity index (χ1n) is 8.82. The smallest absolute Gasteiger partial charge is 0.241 e. The molecule has 28 heavy (non-hydrogen) atoms. The van der Waals surface area contributed by atoms with Crippen molar-refractivity contribution >= 4 is 32.6 Å². The van der Waals surface area contributed by atoms with Crippen molar-refractivity contribution in [1.29, 1.82) is 0 Å². The molecule has 0 spiro atoms. The number of anilines is 2. The molecule has 1 N–H and O–H groups in total. The minimum atomic E-state index is -3.36. The number of aromatic nitrogens is 5. The molecule has 0 atom stereocenters. The fourth-order valence-corrected chi connectivity index (χ4v) is 4.88. The molecule has 5 rings (SSSR count). The van der Waals surface area contributed by atoms with Crippen molar-refractivity contribution in [3.05, 3.63) is 61.6 Å². The van der Waals surface area contributed by atoms with Crippen LogP contribution in [0.25, 0.3) is 22.0 Å². The van der Waals surface area contributed by atoms with Crippen LogP contribution < -0.4 is 5.32 Å². The molecule has 1 fully saturated rings. The fourth-order valence-electron chi connectivity index (χ4n) is 3.17. The molecule has 4 aromatic heterocycles. The third-order valence-corrected chi connectivity index (χ3v) is 6.89. The quantitative estimate of drug-likeness (QED) is 0.557. The van der Waals surface area contributed by atoms with Crippen molar-refractivity contribution in [2.45, 2.75) is 18.1 Å². The summed E-state index contributed by atoms with van der Waals surface area (Å²) in [6, 6.07) is 7.32. The standard InChI is InChI=1S/C19H16N6O2S/c26-28(27,14-1-2-14)25-8-5-15-16(10-21-11-17(15)25)13-3-7-22-19(9-13)24-18-4-6-20-12-23-18/h3-12,14H,1-2H2,(H,20,22,23,24). The maximum atomic E-state index is 12.7. The monoisotopic (exact) mass is 392 g/mol.